The Bertz CT molecular complexity index is 111. The van der Waals surface area contributed by atoms with Crippen molar-refractivity contribution in [2.45, 2.75) is 45.4 Å². The summed E-state index contributed by atoms with van der Waals surface area (Å²) in [5, 5.41) is 0. The fraction of sp³-hybridized carbons (Fsp3) is 0.636. The van der Waals surface area contributed by atoms with Gasteiger partial charge in [-0.05, 0) is 32.1 Å². The Morgan fingerprint density at radius 1 is 1.27 bits per heavy atom. The molecule has 0 unspecified atom stereocenters. The number of hydrogen-bond donors (Lipinski definition) is 0. The number of unbranched alkanes of at least 4 members (excludes halogenated alkanes) is 2. The van der Waals surface area contributed by atoms with Gasteiger partial charge < -0.3 is 0 Å². The molecule has 0 nitrogen and oxygen atoms in total. The molecule has 0 aliphatic rings. The molecule has 0 spiro atoms. The Morgan fingerprint density at radius 2 is 2.00 bits per heavy atom. The lowest BCUT2D eigenvalue weighted by Gasteiger charge is -2.01. The van der Waals surface area contributed by atoms with E-state index >= 15 is 0 Å². The first-order valence-electron chi connectivity index (χ1n) is 4.58. The van der Waals surface area contributed by atoms with Crippen molar-refractivity contribution in [2.24, 2.45) is 0 Å². The Labute approximate surface area is 71.0 Å². The zero-order valence-electron chi connectivity index (χ0n) is 7.73. The van der Waals surface area contributed by atoms with Crippen LogP contribution in [-0.2, 0) is 0 Å². The molecule has 0 fully saturated rings. The van der Waals surface area contributed by atoms with Gasteiger partial charge in [0.15, 0.2) is 0 Å². The number of rotatable bonds is 7. The van der Waals surface area contributed by atoms with Gasteiger partial charge in [0.05, 0.1) is 0 Å². The summed E-state index contributed by atoms with van der Waals surface area (Å²) >= 11 is 0. The fourth-order valence-electron chi connectivity index (χ4n) is 1.14. The van der Waals surface area contributed by atoms with Crippen LogP contribution in [0.3, 0.4) is 0 Å². The Kier molecular flexibility index (Phi) is 7.23. The van der Waals surface area contributed by atoms with Crippen molar-refractivity contribution in [3.63, 3.8) is 0 Å². The van der Waals surface area contributed by atoms with Crippen molar-refractivity contribution in [1.82, 2.24) is 0 Å². The highest BCUT2D eigenvalue weighted by Gasteiger charge is 1.91. The van der Waals surface area contributed by atoms with Crippen LogP contribution in [0.15, 0.2) is 24.8 Å². The third kappa shape index (κ3) is 7.38. The lowest BCUT2D eigenvalue weighted by atomic mass is 10.1. The second-order valence-corrected chi connectivity index (χ2v) is 3.03. The van der Waals surface area contributed by atoms with Crippen molar-refractivity contribution in [3.8, 4) is 0 Å². The van der Waals surface area contributed by atoms with E-state index in [4.69, 9.17) is 0 Å². The van der Waals surface area contributed by atoms with Crippen molar-refractivity contribution in [3.05, 3.63) is 24.8 Å². The standard InChI is InChI=1S/C11H20/c1-4-6-7-8-10-11(3)9-5-2/h4H,1,3,5-10H2,2H3. The molecule has 64 valence electrons. The number of allylic oxidation sites excluding steroid dienone is 2. The van der Waals surface area contributed by atoms with Gasteiger partial charge in [0.25, 0.3) is 0 Å². The van der Waals surface area contributed by atoms with Crippen LogP contribution in [0.4, 0.5) is 0 Å². The minimum Gasteiger partial charge on any atom is -0.103 e. The lowest BCUT2D eigenvalue weighted by molar-refractivity contribution is 0.715. The molecule has 0 atom stereocenters. The highest BCUT2D eigenvalue weighted by molar-refractivity contribution is 4.93. The SMILES string of the molecule is C=CCCCCC(=C)CCC. The van der Waals surface area contributed by atoms with Crippen molar-refractivity contribution in [2.75, 3.05) is 0 Å². The third-order valence-corrected chi connectivity index (χ3v) is 1.79. The smallest absolute Gasteiger partial charge is 0.0323 e. The maximum absolute atomic E-state index is 4.02. The summed E-state index contributed by atoms with van der Waals surface area (Å²) < 4.78 is 0. The Hall–Kier alpha value is -0.520. The second-order valence-electron chi connectivity index (χ2n) is 3.03. The van der Waals surface area contributed by atoms with E-state index in [0.717, 1.165) is 6.42 Å². The van der Waals surface area contributed by atoms with Gasteiger partial charge in [-0.1, -0.05) is 31.6 Å². The van der Waals surface area contributed by atoms with E-state index in [0.29, 0.717) is 0 Å². The lowest BCUT2D eigenvalue weighted by Crippen LogP contribution is -1.81. The van der Waals surface area contributed by atoms with Crippen LogP contribution in [0, 0.1) is 0 Å². The highest BCUT2D eigenvalue weighted by atomic mass is 14.0. The first kappa shape index (κ1) is 10.5. The highest BCUT2D eigenvalue weighted by Crippen LogP contribution is 2.11. The summed E-state index contributed by atoms with van der Waals surface area (Å²) in [7, 11) is 0. The maximum Gasteiger partial charge on any atom is -0.0323 e. The molecule has 0 radical (unpaired) electrons. The van der Waals surface area contributed by atoms with Crippen LogP contribution in [0.25, 0.3) is 0 Å². The maximum atomic E-state index is 4.02. The predicted molar refractivity (Wildman–Crippen MR) is 52.7 cm³/mol. The fourth-order valence-corrected chi connectivity index (χ4v) is 1.14. The number of hydrogen-bond acceptors (Lipinski definition) is 0. The first-order valence-corrected chi connectivity index (χ1v) is 4.58. The molecule has 0 heterocycles. The average Bonchev–Trinajstić information content (AvgIpc) is 1.99. The van der Waals surface area contributed by atoms with E-state index < -0.39 is 0 Å². The molecule has 0 saturated heterocycles. The van der Waals surface area contributed by atoms with E-state index in [1.165, 1.54) is 37.7 Å². The minimum atomic E-state index is 1.15. The molecule has 0 aliphatic carbocycles. The van der Waals surface area contributed by atoms with Crippen LogP contribution < -0.4 is 0 Å². The van der Waals surface area contributed by atoms with Crippen LogP contribution in [-0.4, -0.2) is 0 Å². The van der Waals surface area contributed by atoms with Gasteiger partial charge in [0, 0.05) is 0 Å². The van der Waals surface area contributed by atoms with Gasteiger partial charge in [0.2, 0.25) is 0 Å². The van der Waals surface area contributed by atoms with E-state index in [1.807, 2.05) is 6.08 Å². The van der Waals surface area contributed by atoms with Gasteiger partial charge in [-0.25, -0.2) is 0 Å². The van der Waals surface area contributed by atoms with E-state index in [-0.39, 0.29) is 0 Å². The monoisotopic (exact) mass is 152 g/mol. The molecule has 0 aromatic rings. The summed E-state index contributed by atoms with van der Waals surface area (Å²) in [6.07, 6.45) is 9.34. The molecule has 0 rings (SSSR count). The largest absolute Gasteiger partial charge is 0.103 e. The van der Waals surface area contributed by atoms with Crippen LogP contribution >= 0.6 is 0 Å². The summed E-state index contributed by atoms with van der Waals surface area (Å²) in [5.41, 5.74) is 1.41. The molecule has 0 heteroatoms. The van der Waals surface area contributed by atoms with Gasteiger partial charge in [-0.2, -0.15) is 0 Å². The van der Waals surface area contributed by atoms with Crippen LogP contribution in [0.1, 0.15) is 45.4 Å². The second kappa shape index (κ2) is 7.59. The molecule has 0 bridgehead atoms. The minimum absolute atomic E-state index is 1.15. The van der Waals surface area contributed by atoms with Crippen molar-refractivity contribution in [1.29, 1.82) is 0 Å². The van der Waals surface area contributed by atoms with Gasteiger partial charge in [0.1, 0.15) is 0 Å². The Morgan fingerprint density at radius 3 is 2.55 bits per heavy atom. The summed E-state index contributed by atoms with van der Waals surface area (Å²) in [6.45, 7) is 9.91. The molecule has 11 heavy (non-hydrogen) atoms. The molecule has 0 aliphatic heterocycles. The molecular weight excluding hydrogens is 132 g/mol. The van der Waals surface area contributed by atoms with E-state index in [9.17, 15) is 0 Å². The van der Waals surface area contributed by atoms with Gasteiger partial charge >= 0.3 is 0 Å². The molecule has 0 N–H and O–H groups in total. The molecule has 0 aromatic carbocycles. The third-order valence-electron chi connectivity index (χ3n) is 1.79. The van der Waals surface area contributed by atoms with Gasteiger partial charge in [-0.3, -0.25) is 0 Å². The predicted octanol–water partition coefficient (Wildman–Crippen LogP) is 4.09. The average molecular weight is 152 g/mol. The van der Waals surface area contributed by atoms with E-state index in [2.05, 4.69) is 20.1 Å². The Balaban J connectivity index is 3.10. The molecule has 0 amide bonds. The van der Waals surface area contributed by atoms with Crippen LogP contribution in [0.5, 0.6) is 0 Å². The molecule has 0 saturated carbocycles. The van der Waals surface area contributed by atoms with Crippen molar-refractivity contribution >= 4 is 0 Å². The zero-order valence-corrected chi connectivity index (χ0v) is 7.73. The van der Waals surface area contributed by atoms with Gasteiger partial charge in [-0.15, -0.1) is 6.58 Å². The summed E-state index contributed by atoms with van der Waals surface area (Å²) in [6, 6.07) is 0. The first-order chi connectivity index (χ1) is 5.31. The quantitative estimate of drug-likeness (QED) is 0.381. The van der Waals surface area contributed by atoms with E-state index in [1.54, 1.807) is 0 Å². The zero-order chi connectivity index (χ0) is 8.53. The topological polar surface area (TPSA) is 0 Å². The normalized spacial score (nSPS) is 9.55. The molecular formula is C11H20. The summed E-state index contributed by atoms with van der Waals surface area (Å²) in [5.74, 6) is 0. The van der Waals surface area contributed by atoms with Crippen LogP contribution in [0.2, 0.25) is 0 Å². The summed E-state index contributed by atoms with van der Waals surface area (Å²) in [4.78, 5) is 0. The molecule has 0 aromatic heterocycles. The van der Waals surface area contributed by atoms with Crippen molar-refractivity contribution < 1.29 is 0 Å².